The first-order valence-corrected chi connectivity index (χ1v) is 10.6. The lowest BCUT2D eigenvalue weighted by atomic mass is 9.91. The average molecular weight is 402 g/mol. The molecule has 0 unspecified atom stereocenters. The maximum Gasteiger partial charge on any atom is 0.225 e. The molecule has 0 saturated heterocycles. The summed E-state index contributed by atoms with van der Waals surface area (Å²) in [6.07, 6.45) is 3.51. The van der Waals surface area contributed by atoms with Crippen molar-refractivity contribution in [2.75, 3.05) is 5.32 Å². The number of carbonyl (C=O) groups is 1. The quantitative estimate of drug-likeness (QED) is 0.627. The highest BCUT2D eigenvalue weighted by Crippen LogP contribution is 2.34. The monoisotopic (exact) mass is 401 g/mol. The van der Waals surface area contributed by atoms with E-state index in [9.17, 15) is 9.90 Å². The number of hydrogen-bond acceptors (Lipinski definition) is 4. The van der Waals surface area contributed by atoms with Gasteiger partial charge in [0.1, 0.15) is 5.75 Å². The molecule has 1 heterocycles. The third-order valence-electron chi connectivity index (χ3n) is 5.36. The molecule has 30 heavy (non-hydrogen) atoms. The molecule has 0 aliphatic heterocycles. The van der Waals surface area contributed by atoms with Crippen molar-refractivity contribution in [1.29, 1.82) is 0 Å². The number of fused-ring (bicyclic) bond motifs is 3. The Hall–Kier alpha value is -3.21. The van der Waals surface area contributed by atoms with Crippen molar-refractivity contribution in [1.82, 2.24) is 9.97 Å². The minimum Gasteiger partial charge on any atom is -0.508 e. The second-order valence-electron chi connectivity index (χ2n) is 8.29. The molecule has 4 rings (SSSR count). The number of amides is 1. The number of phenolic OH excluding ortho intramolecular Hbond substituents is 1. The lowest BCUT2D eigenvalue weighted by Gasteiger charge is -2.21. The number of carbonyl (C=O) groups excluding carboxylic acids is 1. The highest BCUT2D eigenvalue weighted by Gasteiger charge is 2.22. The van der Waals surface area contributed by atoms with Crippen LogP contribution in [0.5, 0.6) is 5.75 Å². The van der Waals surface area contributed by atoms with Gasteiger partial charge in [-0.3, -0.25) is 4.79 Å². The average Bonchev–Trinajstić information content (AvgIpc) is 2.72. The Labute approximate surface area is 177 Å². The van der Waals surface area contributed by atoms with Gasteiger partial charge in [0.15, 0.2) is 5.82 Å². The van der Waals surface area contributed by atoms with E-state index in [1.54, 1.807) is 6.07 Å². The van der Waals surface area contributed by atoms with E-state index < -0.39 is 0 Å². The molecule has 5 nitrogen and oxygen atoms in total. The van der Waals surface area contributed by atoms with Crippen LogP contribution in [0.2, 0.25) is 0 Å². The van der Waals surface area contributed by atoms with Gasteiger partial charge in [-0.1, -0.05) is 44.2 Å². The molecule has 2 aromatic carbocycles. The van der Waals surface area contributed by atoms with Crippen molar-refractivity contribution in [2.24, 2.45) is 5.92 Å². The molecule has 154 valence electrons. The summed E-state index contributed by atoms with van der Waals surface area (Å²) in [6, 6.07) is 15.7. The molecule has 0 spiro atoms. The molecule has 0 radical (unpaired) electrons. The Morgan fingerprint density at radius 3 is 2.63 bits per heavy atom. The number of nitrogens with zero attached hydrogens (tertiary/aromatic N) is 2. The fraction of sp³-hybridized carbons (Fsp3) is 0.320. The van der Waals surface area contributed by atoms with Crippen LogP contribution in [0, 0.1) is 5.92 Å². The largest absolute Gasteiger partial charge is 0.508 e. The third-order valence-corrected chi connectivity index (χ3v) is 5.36. The fourth-order valence-corrected chi connectivity index (χ4v) is 3.90. The Morgan fingerprint density at radius 1 is 1.07 bits per heavy atom. The zero-order valence-corrected chi connectivity index (χ0v) is 17.5. The van der Waals surface area contributed by atoms with Crippen LogP contribution in [0.25, 0.3) is 11.3 Å². The van der Waals surface area contributed by atoms with Gasteiger partial charge in [0, 0.05) is 12.0 Å². The first-order chi connectivity index (χ1) is 14.5. The van der Waals surface area contributed by atoms with Gasteiger partial charge < -0.3 is 10.4 Å². The number of aromatic nitrogens is 2. The fourth-order valence-electron chi connectivity index (χ4n) is 3.90. The summed E-state index contributed by atoms with van der Waals surface area (Å²) < 4.78 is 0. The zero-order valence-electron chi connectivity index (χ0n) is 17.5. The van der Waals surface area contributed by atoms with Crippen molar-refractivity contribution in [3.8, 4) is 17.0 Å². The summed E-state index contributed by atoms with van der Waals surface area (Å²) in [5.41, 5.74) is 5.89. The number of rotatable bonds is 6. The molecule has 1 aromatic heterocycles. The molecule has 3 aromatic rings. The van der Waals surface area contributed by atoms with E-state index in [2.05, 4.69) is 17.4 Å². The van der Waals surface area contributed by atoms with Gasteiger partial charge in [-0.15, -0.1) is 0 Å². The normalized spacial score (nSPS) is 12.4. The van der Waals surface area contributed by atoms with Gasteiger partial charge >= 0.3 is 0 Å². The smallest absolute Gasteiger partial charge is 0.225 e. The van der Waals surface area contributed by atoms with Gasteiger partial charge in [-0.05, 0) is 60.9 Å². The van der Waals surface area contributed by atoms with E-state index in [-0.39, 0.29) is 17.6 Å². The van der Waals surface area contributed by atoms with E-state index in [4.69, 9.17) is 9.97 Å². The summed E-state index contributed by atoms with van der Waals surface area (Å²) in [7, 11) is 0. The molecule has 1 amide bonds. The second kappa shape index (κ2) is 8.66. The van der Waals surface area contributed by atoms with Gasteiger partial charge in [0.25, 0.3) is 0 Å². The Bertz CT molecular complexity index is 1060. The summed E-state index contributed by atoms with van der Waals surface area (Å²) in [5, 5.41) is 12.8. The van der Waals surface area contributed by atoms with Crippen molar-refractivity contribution < 1.29 is 9.90 Å². The van der Waals surface area contributed by atoms with Gasteiger partial charge in [0.2, 0.25) is 5.91 Å². The molecule has 0 fully saturated rings. The molecule has 5 heteroatoms. The number of phenols is 1. The van der Waals surface area contributed by atoms with Crippen LogP contribution in [-0.4, -0.2) is 21.0 Å². The van der Waals surface area contributed by atoms with Crippen molar-refractivity contribution in [3.05, 3.63) is 71.0 Å². The Morgan fingerprint density at radius 2 is 1.87 bits per heavy atom. The minimum atomic E-state index is -0.0265. The Balaban J connectivity index is 1.70. The van der Waals surface area contributed by atoms with Crippen LogP contribution in [0.3, 0.4) is 0 Å². The first kappa shape index (κ1) is 20.1. The molecule has 1 aliphatic carbocycles. The molecule has 0 atom stereocenters. The third kappa shape index (κ3) is 4.51. The van der Waals surface area contributed by atoms with E-state index >= 15 is 0 Å². The van der Waals surface area contributed by atoms with E-state index in [1.807, 2.05) is 44.2 Å². The number of anilines is 1. The molecule has 1 aliphatic rings. The van der Waals surface area contributed by atoms with Crippen LogP contribution < -0.4 is 5.32 Å². The number of hydrogen-bond donors (Lipinski definition) is 2. The van der Waals surface area contributed by atoms with Crippen LogP contribution in [0.15, 0.2) is 48.5 Å². The van der Waals surface area contributed by atoms with Gasteiger partial charge in [0.05, 0.1) is 17.1 Å². The maximum atomic E-state index is 12.4. The van der Waals surface area contributed by atoms with Crippen molar-refractivity contribution in [2.45, 2.75) is 46.0 Å². The lowest BCUT2D eigenvalue weighted by Crippen LogP contribution is -2.19. The summed E-state index contributed by atoms with van der Waals surface area (Å²) in [5.74, 6) is 1.11. The van der Waals surface area contributed by atoms with E-state index in [1.165, 1.54) is 5.56 Å². The molecule has 0 bridgehead atoms. The highest BCUT2D eigenvalue weighted by atomic mass is 16.3. The van der Waals surface area contributed by atoms with Crippen LogP contribution in [-0.2, 0) is 30.5 Å². The predicted molar refractivity (Wildman–Crippen MR) is 118 cm³/mol. The van der Waals surface area contributed by atoms with Gasteiger partial charge in [-0.2, -0.15) is 0 Å². The topological polar surface area (TPSA) is 75.1 Å². The van der Waals surface area contributed by atoms with E-state index in [0.29, 0.717) is 18.7 Å². The first-order valence-electron chi connectivity index (χ1n) is 10.6. The molecular weight excluding hydrogens is 374 g/mol. The van der Waals surface area contributed by atoms with Crippen molar-refractivity contribution in [3.63, 3.8) is 0 Å². The van der Waals surface area contributed by atoms with Crippen LogP contribution in [0.1, 0.15) is 42.8 Å². The molecule has 0 saturated carbocycles. The number of aryl methyl sites for hydroxylation is 4. The Kier molecular flexibility index (Phi) is 5.79. The standard InChI is InChI=1S/C25H27N3O2/c1-16(2)14-23(30)28-25-22(12-8-17-6-4-3-5-7-17)26-24-20-11-10-19(29)15-18(20)9-13-21(24)27-25/h3-7,10-11,15-16,29H,8-9,12-14H2,1-2H3,(H,27,28,30). The van der Waals surface area contributed by atoms with Crippen LogP contribution in [0.4, 0.5) is 5.82 Å². The lowest BCUT2D eigenvalue weighted by molar-refractivity contribution is -0.116. The van der Waals surface area contributed by atoms with Gasteiger partial charge in [-0.25, -0.2) is 9.97 Å². The predicted octanol–water partition coefficient (Wildman–Crippen LogP) is 4.72. The summed E-state index contributed by atoms with van der Waals surface area (Å²) >= 11 is 0. The minimum absolute atomic E-state index is 0.0265. The number of benzene rings is 2. The molecule has 2 N–H and O–H groups in total. The van der Waals surface area contributed by atoms with Crippen LogP contribution >= 0.6 is 0 Å². The SMILES string of the molecule is CC(C)CC(=O)Nc1nc2c(nc1CCc1ccccc1)-c1ccc(O)cc1CC2. The summed E-state index contributed by atoms with van der Waals surface area (Å²) in [4.78, 5) is 22.3. The zero-order chi connectivity index (χ0) is 21.1. The van der Waals surface area contributed by atoms with E-state index in [0.717, 1.165) is 47.5 Å². The number of aromatic hydroxyl groups is 1. The second-order valence-corrected chi connectivity index (χ2v) is 8.29. The molecular formula is C25H27N3O2. The maximum absolute atomic E-state index is 12.4. The van der Waals surface area contributed by atoms with Crippen molar-refractivity contribution >= 4 is 11.7 Å². The summed E-state index contributed by atoms with van der Waals surface area (Å²) in [6.45, 7) is 4.06. The number of nitrogens with one attached hydrogen (secondary N) is 1. The highest BCUT2D eigenvalue weighted by molar-refractivity contribution is 5.90.